The van der Waals surface area contributed by atoms with Gasteiger partial charge in [0.05, 0.1) is 18.2 Å². The van der Waals surface area contributed by atoms with Crippen molar-refractivity contribution in [3.05, 3.63) is 124 Å². The number of sulfonamides is 1. The summed E-state index contributed by atoms with van der Waals surface area (Å²) < 4.78 is 29.9. The topological polar surface area (TPSA) is 154 Å². The normalized spacial score (nSPS) is 14.0. The fourth-order valence-corrected chi connectivity index (χ4v) is 7.57. The van der Waals surface area contributed by atoms with E-state index in [4.69, 9.17) is 5.11 Å². The summed E-state index contributed by atoms with van der Waals surface area (Å²) in [7, 11) is -4.07. The summed E-state index contributed by atoms with van der Waals surface area (Å²) in [5.74, 6) is -0.901. The highest BCUT2D eigenvalue weighted by molar-refractivity contribution is 7.92. The molecule has 1 fully saturated rings. The van der Waals surface area contributed by atoms with Crippen LogP contribution in [0.4, 0.5) is 16.2 Å². The van der Waals surface area contributed by atoms with Gasteiger partial charge in [0.15, 0.2) is 0 Å². The molecule has 4 aromatic rings. The predicted molar refractivity (Wildman–Crippen MR) is 195 cm³/mol. The van der Waals surface area contributed by atoms with E-state index in [1.165, 1.54) is 30.9 Å². The van der Waals surface area contributed by atoms with Crippen LogP contribution in [-0.2, 0) is 21.2 Å². The quantitative estimate of drug-likeness (QED) is 0.0975. The van der Waals surface area contributed by atoms with Gasteiger partial charge in [-0.15, -0.1) is 0 Å². The molecular formula is C39H44N4O6S. The highest BCUT2D eigenvalue weighted by Gasteiger charge is 2.24. The lowest BCUT2D eigenvalue weighted by Crippen LogP contribution is -2.34. The summed E-state index contributed by atoms with van der Waals surface area (Å²) in [6.07, 6.45) is 6.55. The lowest BCUT2D eigenvalue weighted by molar-refractivity contribution is -0.136. The first kappa shape index (κ1) is 36.1. The van der Waals surface area contributed by atoms with Gasteiger partial charge in [0.1, 0.15) is 4.90 Å². The predicted octanol–water partition coefficient (Wildman–Crippen LogP) is 7.52. The number of hydrogen-bond acceptors (Lipinski definition) is 5. The smallest absolute Gasteiger partial charge is 0.320 e. The maximum atomic E-state index is 13.7. The number of carboxylic acids is 1. The van der Waals surface area contributed by atoms with Gasteiger partial charge in [0.2, 0.25) is 0 Å². The number of hydrogen-bond donors (Lipinski definition) is 5. The Balaban J connectivity index is 1.39. The number of carbonyl (C=O) groups is 3. The molecule has 1 atom stereocenters. The average molecular weight is 697 g/mol. The molecule has 1 saturated carbocycles. The third-order valence-electron chi connectivity index (χ3n) is 9.01. The van der Waals surface area contributed by atoms with E-state index in [0.29, 0.717) is 28.3 Å². The zero-order valence-corrected chi connectivity index (χ0v) is 29.2. The Kier molecular flexibility index (Phi) is 11.9. The van der Waals surface area contributed by atoms with Crippen molar-refractivity contribution in [2.75, 3.05) is 16.6 Å². The minimum absolute atomic E-state index is 0.00494. The third-order valence-corrected chi connectivity index (χ3v) is 10.4. The number of amides is 3. The Morgan fingerprint density at radius 1 is 0.860 bits per heavy atom. The van der Waals surface area contributed by atoms with Crippen molar-refractivity contribution in [2.45, 2.75) is 75.6 Å². The molecule has 0 radical (unpaired) electrons. The molecule has 10 nitrogen and oxygen atoms in total. The maximum Gasteiger partial charge on any atom is 0.320 e. The van der Waals surface area contributed by atoms with Gasteiger partial charge in [0, 0.05) is 17.8 Å². The summed E-state index contributed by atoms with van der Waals surface area (Å²) in [5, 5.41) is 17.3. The lowest BCUT2D eigenvalue weighted by Gasteiger charge is -2.24. The molecule has 50 heavy (non-hydrogen) atoms. The van der Waals surface area contributed by atoms with Gasteiger partial charge in [-0.25, -0.2) is 13.2 Å². The van der Waals surface area contributed by atoms with Crippen LogP contribution in [0, 0.1) is 6.92 Å². The van der Waals surface area contributed by atoms with Gasteiger partial charge >= 0.3 is 12.0 Å². The molecule has 0 aliphatic heterocycles. The first-order chi connectivity index (χ1) is 24.0. The highest BCUT2D eigenvalue weighted by Crippen LogP contribution is 2.34. The number of carboxylic acid groups (broad SMARTS) is 1. The van der Waals surface area contributed by atoms with Gasteiger partial charge in [0.25, 0.3) is 15.9 Å². The van der Waals surface area contributed by atoms with E-state index >= 15 is 0 Å². The van der Waals surface area contributed by atoms with E-state index in [2.05, 4.69) is 32.8 Å². The van der Waals surface area contributed by atoms with Crippen molar-refractivity contribution in [3.8, 4) is 0 Å². The van der Waals surface area contributed by atoms with Crippen LogP contribution >= 0.6 is 0 Å². The van der Waals surface area contributed by atoms with Crippen molar-refractivity contribution < 1.29 is 27.9 Å². The maximum absolute atomic E-state index is 13.7. The summed E-state index contributed by atoms with van der Waals surface area (Å²) in [4.78, 5) is 37.1. The second-order valence-corrected chi connectivity index (χ2v) is 14.4. The van der Waals surface area contributed by atoms with Gasteiger partial charge in [-0.2, -0.15) is 0 Å². The molecule has 1 aliphatic rings. The first-order valence-corrected chi connectivity index (χ1v) is 18.5. The molecule has 11 heteroatoms. The molecule has 0 saturated heterocycles. The molecule has 5 N–H and O–H groups in total. The number of urea groups is 1. The minimum atomic E-state index is -4.07. The number of carbonyl (C=O) groups excluding carboxylic acids is 2. The zero-order chi connectivity index (χ0) is 35.7. The molecule has 0 heterocycles. The van der Waals surface area contributed by atoms with Crippen molar-refractivity contribution in [1.29, 1.82) is 0 Å². The molecule has 1 unspecified atom stereocenters. The average Bonchev–Trinajstić information content (AvgIpc) is 3.11. The summed E-state index contributed by atoms with van der Waals surface area (Å²) >= 11 is 0. The van der Waals surface area contributed by atoms with E-state index in [0.717, 1.165) is 30.4 Å². The number of nitrogens with one attached hydrogen (secondary N) is 4. The Hall–Kier alpha value is -5.16. The van der Waals surface area contributed by atoms with Crippen LogP contribution < -0.4 is 20.7 Å². The summed E-state index contributed by atoms with van der Waals surface area (Å²) in [5.41, 5.74) is 5.36. The SMILES string of the molecule is CCc1cccc(NS(=O)(=O)c2cc(C)ccc2NC(=O)NC(c2ccc(C(=O)NCCC(=O)O)cc2)c2ccc(C3CCCCC3)cc2)c1. The molecule has 0 spiro atoms. The Labute approximate surface area is 293 Å². The van der Waals surface area contributed by atoms with Crippen LogP contribution in [0.3, 0.4) is 0 Å². The van der Waals surface area contributed by atoms with E-state index in [1.807, 2.05) is 25.1 Å². The fraction of sp³-hybridized carbons (Fsp3) is 0.308. The Bertz CT molecular complexity index is 1920. The summed E-state index contributed by atoms with van der Waals surface area (Å²) in [6, 6.07) is 25.7. The molecule has 0 aromatic heterocycles. The van der Waals surface area contributed by atoms with Gasteiger partial charge in [-0.1, -0.05) is 80.8 Å². The van der Waals surface area contributed by atoms with Crippen LogP contribution in [0.2, 0.25) is 0 Å². The molecule has 4 aromatic carbocycles. The lowest BCUT2D eigenvalue weighted by atomic mass is 9.83. The van der Waals surface area contributed by atoms with Crippen molar-refractivity contribution in [3.63, 3.8) is 0 Å². The molecule has 3 amide bonds. The first-order valence-electron chi connectivity index (χ1n) is 17.0. The third kappa shape index (κ3) is 9.50. The van der Waals surface area contributed by atoms with Crippen LogP contribution in [0.1, 0.15) is 95.6 Å². The number of benzene rings is 4. The second kappa shape index (κ2) is 16.5. The minimum Gasteiger partial charge on any atom is -0.481 e. The van der Waals surface area contributed by atoms with Crippen LogP contribution in [0.15, 0.2) is 95.9 Å². The standard InChI is InChI=1S/C39H44N4O6S/c1-3-27-8-7-11-33(25-27)43-50(48,49)35-24-26(2)12-21-34(35)41-39(47)42-37(30-15-13-29(14-16-30)28-9-5-4-6-10-28)31-17-19-32(20-18-31)38(46)40-23-22-36(44)45/h7-8,11-21,24-25,28,37,43H,3-6,9-10,22-23H2,1-2H3,(H,40,46)(H,44,45)(H2,41,42,47). The van der Waals surface area contributed by atoms with E-state index in [1.54, 1.807) is 61.5 Å². The van der Waals surface area contributed by atoms with Crippen LogP contribution in [0.5, 0.6) is 0 Å². The molecule has 0 bridgehead atoms. The highest BCUT2D eigenvalue weighted by atomic mass is 32.2. The second-order valence-electron chi connectivity index (χ2n) is 12.7. The van der Waals surface area contributed by atoms with Crippen molar-refractivity contribution >= 4 is 39.3 Å². The van der Waals surface area contributed by atoms with Gasteiger partial charge in [-0.3, -0.25) is 14.3 Å². The van der Waals surface area contributed by atoms with E-state index in [9.17, 15) is 22.8 Å². The van der Waals surface area contributed by atoms with E-state index < -0.39 is 34.0 Å². The van der Waals surface area contributed by atoms with Crippen LogP contribution in [-0.4, -0.2) is 38.0 Å². The fourth-order valence-electron chi connectivity index (χ4n) is 6.28. The van der Waals surface area contributed by atoms with Gasteiger partial charge in [-0.05, 0) is 96.3 Å². The largest absolute Gasteiger partial charge is 0.481 e. The number of rotatable bonds is 13. The van der Waals surface area contributed by atoms with E-state index in [-0.39, 0.29) is 23.5 Å². The Morgan fingerprint density at radius 3 is 2.20 bits per heavy atom. The van der Waals surface area contributed by atoms with Gasteiger partial charge < -0.3 is 21.1 Å². The van der Waals surface area contributed by atoms with Crippen molar-refractivity contribution in [2.24, 2.45) is 0 Å². The van der Waals surface area contributed by atoms with Crippen LogP contribution in [0.25, 0.3) is 0 Å². The molecular weight excluding hydrogens is 653 g/mol. The number of aryl methyl sites for hydroxylation is 2. The Morgan fingerprint density at radius 2 is 1.54 bits per heavy atom. The summed E-state index contributed by atoms with van der Waals surface area (Å²) in [6.45, 7) is 3.78. The molecule has 5 rings (SSSR count). The molecule has 262 valence electrons. The molecule has 1 aliphatic carbocycles. The zero-order valence-electron chi connectivity index (χ0n) is 28.4. The number of aliphatic carboxylic acids is 1. The number of anilines is 2. The monoisotopic (exact) mass is 696 g/mol. The van der Waals surface area contributed by atoms with Crippen molar-refractivity contribution in [1.82, 2.24) is 10.6 Å².